The molecule has 0 spiro atoms. The molecule has 1 aliphatic heterocycles. The van der Waals surface area contributed by atoms with E-state index in [0.29, 0.717) is 0 Å². The van der Waals surface area contributed by atoms with E-state index in [1.807, 2.05) is 54.6 Å². The fourth-order valence-electron chi connectivity index (χ4n) is 1.90. The van der Waals surface area contributed by atoms with E-state index in [9.17, 15) is 4.79 Å². The van der Waals surface area contributed by atoms with Crippen molar-refractivity contribution in [2.75, 3.05) is 5.32 Å². The molecule has 1 heterocycles. The Balaban J connectivity index is 1.98. The quantitative estimate of drug-likeness (QED) is 0.828. The summed E-state index contributed by atoms with van der Waals surface area (Å²) in [6.45, 7) is 0. The van der Waals surface area contributed by atoms with E-state index in [1.165, 1.54) is 0 Å². The first kappa shape index (κ1) is 10.4. The molecule has 3 rings (SSSR count). The maximum absolute atomic E-state index is 12.0. The summed E-state index contributed by atoms with van der Waals surface area (Å²) in [6, 6.07) is 17.8. The van der Waals surface area contributed by atoms with Gasteiger partial charge in [0.25, 0.3) is 0 Å². The van der Waals surface area contributed by atoms with Gasteiger partial charge in [0.05, 0.1) is 5.69 Å². The molecule has 0 bridgehead atoms. The molecule has 1 aliphatic rings. The van der Waals surface area contributed by atoms with Crippen molar-refractivity contribution in [1.29, 1.82) is 0 Å². The Bertz CT molecular complexity index is 553. The highest BCUT2D eigenvalue weighted by molar-refractivity contribution is 8.00. The number of anilines is 1. The van der Waals surface area contributed by atoms with Crippen molar-refractivity contribution in [1.82, 2.24) is 0 Å². The van der Waals surface area contributed by atoms with Gasteiger partial charge in [0.15, 0.2) is 0 Å². The first-order valence-electron chi connectivity index (χ1n) is 5.46. The van der Waals surface area contributed by atoms with Gasteiger partial charge in [-0.05, 0) is 17.7 Å². The predicted molar refractivity (Wildman–Crippen MR) is 70.1 cm³/mol. The molecule has 84 valence electrons. The van der Waals surface area contributed by atoms with Gasteiger partial charge in [0.1, 0.15) is 5.25 Å². The van der Waals surface area contributed by atoms with Crippen LogP contribution in [0.1, 0.15) is 10.8 Å². The molecule has 0 aliphatic carbocycles. The molecule has 0 saturated heterocycles. The van der Waals surface area contributed by atoms with E-state index >= 15 is 0 Å². The summed E-state index contributed by atoms with van der Waals surface area (Å²) < 4.78 is 0. The van der Waals surface area contributed by atoms with Crippen molar-refractivity contribution < 1.29 is 4.79 Å². The third-order valence-electron chi connectivity index (χ3n) is 2.73. The van der Waals surface area contributed by atoms with Crippen LogP contribution in [0.4, 0.5) is 5.69 Å². The summed E-state index contributed by atoms with van der Waals surface area (Å²) >= 11 is 1.61. The van der Waals surface area contributed by atoms with Gasteiger partial charge in [-0.3, -0.25) is 4.79 Å². The molecular formula is C14H11NOS. The summed E-state index contributed by atoms with van der Waals surface area (Å²) in [6.07, 6.45) is 0. The second-order valence-corrected chi connectivity index (χ2v) is 5.04. The van der Waals surface area contributed by atoms with Crippen molar-refractivity contribution in [3.05, 3.63) is 60.2 Å². The summed E-state index contributed by atoms with van der Waals surface area (Å²) in [5, 5.41) is 2.80. The highest BCUT2D eigenvalue weighted by Crippen LogP contribution is 2.43. The monoisotopic (exact) mass is 241 g/mol. The van der Waals surface area contributed by atoms with Crippen molar-refractivity contribution in [2.24, 2.45) is 0 Å². The zero-order valence-corrected chi connectivity index (χ0v) is 9.91. The Morgan fingerprint density at radius 2 is 1.65 bits per heavy atom. The average molecular weight is 241 g/mol. The van der Waals surface area contributed by atoms with Crippen LogP contribution in [0.15, 0.2) is 59.5 Å². The van der Waals surface area contributed by atoms with Crippen LogP contribution in [0.3, 0.4) is 0 Å². The van der Waals surface area contributed by atoms with E-state index in [0.717, 1.165) is 16.1 Å². The van der Waals surface area contributed by atoms with Gasteiger partial charge < -0.3 is 5.32 Å². The topological polar surface area (TPSA) is 29.1 Å². The van der Waals surface area contributed by atoms with E-state index < -0.39 is 0 Å². The number of para-hydroxylation sites is 1. The molecule has 1 amide bonds. The van der Waals surface area contributed by atoms with Gasteiger partial charge in [0.2, 0.25) is 5.91 Å². The minimum Gasteiger partial charge on any atom is -0.324 e. The Kier molecular flexibility index (Phi) is 2.61. The summed E-state index contributed by atoms with van der Waals surface area (Å²) in [5.41, 5.74) is 1.96. The van der Waals surface area contributed by atoms with Crippen LogP contribution in [-0.2, 0) is 4.79 Å². The Hall–Kier alpha value is -1.74. The lowest BCUT2D eigenvalue weighted by Gasteiger charge is -2.24. The predicted octanol–water partition coefficient (Wildman–Crippen LogP) is 3.47. The van der Waals surface area contributed by atoms with Gasteiger partial charge in [-0.1, -0.05) is 42.5 Å². The summed E-state index contributed by atoms with van der Waals surface area (Å²) in [4.78, 5) is 13.2. The first-order valence-corrected chi connectivity index (χ1v) is 6.34. The van der Waals surface area contributed by atoms with Crippen molar-refractivity contribution in [3.63, 3.8) is 0 Å². The molecule has 17 heavy (non-hydrogen) atoms. The lowest BCUT2D eigenvalue weighted by molar-refractivity contribution is -0.115. The average Bonchev–Trinajstić information content (AvgIpc) is 2.39. The molecule has 0 radical (unpaired) electrons. The summed E-state index contributed by atoms with van der Waals surface area (Å²) in [5.74, 6) is 0.0555. The smallest absolute Gasteiger partial charge is 0.242 e. The minimum atomic E-state index is -0.147. The number of carbonyl (C=O) groups excluding carboxylic acids is 1. The lowest BCUT2D eigenvalue weighted by Crippen LogP contribution is -2.22. The third kappa shape index (κ3) is 1.94. The largest absolute Gasteiger partial charge is 0.324 e. The van der Waals surface area contributed by atoms with Gasteiger partial charge in [-0.2, -0.15) is 0 Å². The summed E-state index contributed by atoms with van der Waals surface area (Å²) in [7, 11) is 0. The van der Waals surface area contributed by atoms with Crippen molar-refractivity contribution in [3.8, 4) is 0 Å². The number of thioether (sulfide) groups is 1. The maximum atomic E-state index is 12.0. The van der Waals surface area contributed by atoms with E-state index in [-0.39, 0.29) is 11.2 Å². The Morgan fingerprint density at radius 1 is 0.941 bits per heavy atom. The molecule has 1 N–H and O–H groups in total. The fourth-order valence-corrected chi connectivity index (χ4v) is 3.01. The number of amides is 1. The van der Waals surface area contributed by atoms with Crippen molar-refractivity contribution >= 4 is 23.4 Å². The first-order chi connectivity index (χ1) is 8.34. The van der Waals surface area contributed by atoms with Gasteiger partial charge in [-0.15, -0.1) is 11.8 Å². The number of fused-ring (bicyclic) bond motifs is 1. The van der Waals surface area contributed by atoms with Gasteiger partial charge in [-0.25, -0.2) is 0 Å². The van der Waals surface area contributed by atoms with Crippen LogP contribution in [0.5, 0.6) is 0 Å². The molecule has 0 saturated carbocycles. The van der Waals surface area contributed by atoms with Crippen LogP contribution in [-0.4, -0.2) is 5.91 Å². The van der Waals surface area contributed by atoms with E-state index in [4.69, 9.17) is 0 Å². The molecule has 1 atom stereocenters. The molecule has 0 unspecified atom stereocenters. The van der Waals surface area contributed by atoms with Gasteiger partial charge in [0, 0.05) is 4.90 Å². The Labute approximate surface area is 104 Å². The number of hydrogen-bond donors (Lipinski definition) is 1. The molecule has 3 heteroatoms. The van der Waals surface area contributed by atoms with Crippen LogP contribution in [0.25, 0.3) is 0 Å². The van der Waals surface area contributed by atoms with Crippen LogP contribution >= 0.6 is 11.8 Å². The molecule has 0 aromatic heterocycles. The minimum absolute atomic E-state index is 0.0555. The number of benzene rings is 2. The highest BCUT2D eigenvalue weighted by atomic mass is 32.2. The lowest BCUT2D eigenvalue weighted by atomic mass is 10.1. The second-order valence-electron chi connectivity index (χ2n) is 3.89. The zero-order valence-electron chi connectivity index (χ0n) is 9.09. The molecule has 2 nitrogen and oxygen atoms in total. The maximum Gasteiger partial charge on any atom is 0.242 e. The standard InChI is InChI=1S/C14H11NOS/c16-14-13(10-6-2-1-3-7-10)17-12-9-5-4-8-11(12)15-14/h1-9,13H,(H,15,16)/t13-/m1/s1. The van der Waals surface area contributed by atoms with Crippen LogP contribution in [0.2, 0.25) is 0 Å². The highest BCUT2D eigenvalue weighted by Gasteiger charge is 2.27. The molecule has 2 aromatic carbocycles. The van der Waals surface area contributed by atoms with Crippen LogP contribution in [0, 0.1) is 0 Å². The molecule has 2 aromatic rings. The number of rotatable bonds is 1. The zero-order chi connectivity index (χ0) is 11.7. The number of carbonyl (C=O) groups is 1. The Morgan fingerprint density at radius 3 is 2.47 bits per heavy atom. The van der Waals surface area contributed by atoms with E-state index in [1.54, 1.807) is 11.8 Å². The van der Waals surface area contributed by atoms with E-state index in [2.05, 4.69) is 5.32 Å². The third-order valence-corrected chi connectivity index (χ3v) is 4.06. The molecule has 0 fully saturated rings. The van der Waals surface area contributed by atoms with Gasteiger partial charge >= 0.3 is 0 Å². The number of hydrogen-bond acceptors (Lipinski definition) is 2. The SMILES string of the molecule is O=C1Nc2ccccc2S[C@@H]1c1ccccc1. The number of nitrogens with one attached hydrogen (secondary N) is 1. The van der Waals surface area contributed by atoms with Crippen molar-refractivity contribution in [2.45, 2.75) is 10.1 Å². The second kappa shape index (κ2) is 4.26. The fraction of sp³-hybridized carbons (Fsp3) is 0.0714. The normalized spacial score (nSPS) is 18.4. The van der Waals surface area contributed by atoms with Crippen LogP contribution < -0.4 is 5.32 Å². The molecular weight excluding hydrogens is 230 g/mol.